The molecule has 30 heavy (non-hydrogen) atoms. The number of anilines is 1. The smallest absolute Gasteiger partial charge is 0.221 e. The van der Waals surface area contributed by atoms with E-state index in [-0.39, 0.29) is 5.91 Å². The van der Waals surface area contributed by atoms with Gasteiger partial charge in [0.25, 0.3) is 0 Å². The molecule has 4 rings (SSSR count). The topological polar surface area (TPSA) is 29.1 Å². The number of nitrogens with one attached hydrogen (secondary N) is 1. The zero-order valence-electron chi connectivity index (χ0n) is 17.9. The summed E-state index contributed by atoms with van der Waals surface area (Å²) < 4.78 is 0.804. The minimum absolute atomic E-state index is 0.0618. The van der Waals surface area contributed by atoms with Gasteiger partial charge in [0, 0.05) is 12.6 Å². The highest BCUT2D eigenvalue weighted by Crippen LogP contribution is 2.45. The number of amides is 1. The number of hydrogen-bond donors (Lipinski definition) is 1. The van der Waals surface area contributed by atoms with Gasteiger partial charge in [-0.1, -0.05) is 48.6 Å². The molecule has 0 bridgehead atoms. The molecule has 3 nitrogen and oxygen atoms in total. The third kappa shape index (κ3) is 3.98. The van der Waals surface area contributed by atoms with Crippen molar-refractivity contribution in [1.82, 2.24) is 4.48 Å². The number of allylic oxidation sites excluding steroid dienone is 2. The molecule has 0 aromatic heterocycles. The fourth-order valence-corrected chi connectivity index (χ4v) is 3.85. The molecule has 0 heterocycles. The van der Waals surface area contributed by atoms with Crippen LogP contribution in [0.15, 0.2) is 78.9 Å². The van der Waals surface area contributed by atoms with E-state index in [2.05, 4.69) is 105 Å². The van der Waals surface area contributed by atoms with Crippen LogP contribution in [0.4, 0.5) is 11.4 Å². The average molecular weight is 396 g/mol. The molecule has 1 aliphatic carbocycles. The van der Waals surface area contributed by atoms with Gasteiger partial charge in [-0.2, -0.15) is 0 Å². The maximum atomic E-state index is 11.5. The van der Waals surface area contributed by atoms with Crippen LogP contribution < -0.4 is 9.80 Å². The minimum Gasteiger partial charge on any atom is -0.326 e. The lowest BCUT2D eigenvalue weighted by atomic mass is 10.0. The van der Waals surface area contributed by atoms with E-state index in [1.165, 1.54) is 40.4 Å². The van der Waals surface area contributed by atoms with Crippen molar-refractivity contribution in [2.75, 3.05) is 26.5 Å². The molecule has 0 saturated carbocycles. The Hall–Kier alpha value is -3.43. The van der Waals surface area contributed by atoms with Crippen molar-refractivity contribution < 1.29 is 4.79 Å². The van der Waals surface area contributed by atoms with Gasteiger partial charge in [0.15, 0.2) is 0 Å². The fraction of sp³-hybridized carbons (Fsp3) is 0.148. The number of rotatable bonds is 4. The summed E-state index contributed by atoms with van der Waals surface area (Å²) in [5.41, 5.74) is 9.23. The first-order valence-corrected chi connectivity index (χ1v) is 10.2. The molecule has 0 aliphatic heterocycles. The van der Waals surface area contributed by atoms with Crippen molar-refractivity contribution in [3.8, 4) is 11.1 Å². The van der Waals surface area contributed by atoms with Crippen LogP contribution in [0.5, 0.6) is 0 Å². The van der Waals surface area contributed by atoms with Crippen molar-refractivity contribution in [3.05, 3.63) is 95.6 Å². The predicted molar refractivity (Wildman–Crippen MR) is 128 cm³/mol. The molecular weight excluding hydrogens is 368 g/mol. The molecule has 0 radical (unpaired) electrons. The molecule has 0 spiro atoms. The molecular formula is C27H27N2O+. The average Bonchev–Trinajstić information content (AvgIpc) is 3.01. The van der Waals surface area contributed by atoms with Crippen molar-refractivity contribution in [2.24, 2.45) is 0 Å². The first-order chi connectivity index (χ1) is 14.3. The fourth-order valence-electron chi connectivity index (χ4n) is 3.85. The summed E-state index contributed by atoms with van der Waals surface area (Å²) in [5.74, 6) is -0.0618. The molecule has 0 unspecified atom stereocenters. The number of hydrogen-bond acceptors (Lipinski definition) is 1. The van der Waals surface area contributed by atoms with E-state index in [1.807, 2.05) is 6.07 Å². The second kappa shape index (κ2) is 7.77. The molecule has 0 saturated heterocycles. The molecule has 1 N–H and O–H groups in total. The van der Waals surface area contributed by atoms with Gasteiger partial charge in [-0.15, -0.1) is 0 Å². The van der Waals surface area contributed by atoms with E-state index in [4.69, 9.17) is 0 Å². The number of nitrogens with zero attached hydrogens (tertiary/aromatic N) is 1. The Morgan fingerprint density at radius 3 is 2.17 bits per heavy atom. The Balaban J connectivity index is 1.69. The maximum Gasteiger partial charge on any atom is 0.221 e. The Bertz CT molecular complexity index is 1160. The quantitative estimate of drug-likeness (QED) is 0.424. The lowest BCUT2D eigenvalue weighted by molar-refractivity contribution is -0.114. The first-order valence-electron chi connectivity index (χ1n) is 10.2. The summed E-state index contributed by atoms with van der Waals surface area (Å²) in [6, 6.07) is 23.2. The molecule has 3 aromatic rings. The van der Waals surface area contributed by atoms with Gasteiger partial charge in [0.2, 0.25) is 5.91 Å². The summed E-state index contributed by atoms with van der Waals surface area (Å²) in [4.78, 5) is 11.5. The third-order valence-electron chi connectivity index (χ3n) is 5.36. The Labute approximate surface area is 178 Å². The van der Waals surface area contributed by atoms with Crippen molar-refractivity contribution >= 4 is 28.9 Å². The lowest BCUT2D eigenvalue weighted by Crippen LogP contribution is -2.34. The second-order valence-electron chi connectivity index (χ2n) is 8.53. The highest BCUT2D eigenvalue weighted by molar-refractivity contribution is 6.03. The summed E-state index contributed by atoms with van der Waals surface area (Å²) in [6.07, 6.45) is 6.40. The van der Waals surface area contributed by atoms with Crippen LogP contribution in [-0.2, 0) is 4.79 Å². The van der Waals surface area contributed by atoms with E-state index in [0.717, 1.165) is 15.7 Å². The van der Waals surface area contributed by atoms with Gasteiger partial charge in [-0.25, -0.2) is 0 Å². The van der Waals surface area contributed by atoms with Gasteiger partial charge >= 0.3 is 0 Å². The van der Waals surface area contributed by atoms with Gasteiger partial charge in [0.05, 0.1) is 21.1 Å². The van der Waals surface area contributed by atoms with Crippen LogP contribution in [0.3, 0.4) is 0 Å². The van der Waals surface area contributed by atoms with Gasteiger partial charge < -0.3 is 5.32 Å². The molecule has 150 valence electrons. The van der Waals surface area contributed by atoms with E-state index < -0.39 is 0 Å². The molecule has 1 aliphatic rings. The van der Waals surface area contributed by atoms with Crippen molar-refractivity contribution in [1.29, 1.82) is 0 Å². The van der Waals surface area contributed by atoms with Crippen LogP contribution in [0.1, 0.15) is 23.6 Å². The monoisotopic (exact) mass is 395 g/mol. The maximum absolute atomic E-state index is 11.5. The zero-order chi connectivity index (χ0) is 21.3. The van der Waals surface area contributed by atoms with Crippen LogP contribution >= 0.6 is 0 Å². The Kier molecular flexibility index (Phi) is 5.15. The Morgan fingerprint density at radius 1 is 0.833 bits per heavy atom. The SMILES string of the molecule is CC(=O)Nc1ccc2c(c1)/C(=C/C=C/c1ccc([N+](C)(C)C)cc1)c1ccccc1-2. The molecule has 0 atom stereocenters. The summed E-state index contributed by atoms with van der Waals surface area (Å²) in [6.45, 7) is 1.53. The molecule has 1 amide bonds. The zero-order valence-corrected chi connectivity index (χ0v) is 17.9. The van der Waals surface area contributed by atoms with Gasteiger partial charge in [-0.05, 0) is 69.8 Å². The molecule has 3 aromatic carbocycles. The van der Waals surface area contributed by atoms with Crippen LogP contribution in [-0.4, -0.2) is 27.1 Å². The third-order valence-corrected chi connectivity index (χ3v) is 5.36. The highest BCUT2D eigenvalue weighted by Gasteiger charge is 2.22. The van der Waals surface area contributed by atoms with Crippen LogP contribution in [0, 0.1) is 0 Å². The Morgan fingerprint density at radius 2 is 1.50 bits per heavy atom. The normalized spacial score (nSPS) is 14.1. The van der Waals surface area contributed by atoms with Crippen LogP contribution in [0.2, 0.25) is 0 Å². The number of benzene rings is 3. The van der Waals surface area contributed by atoms with E-state index in [0.29, 0.717) is 0 Å². The summed E-state index contributed by atoms with van der Waals surface area (Å²) in [7, 11) is 6.50. The predicted octanol–water partition coefficient (Wildman–Crippen LogP) is 5.97. The largest absolute Gasteiger partial charge is 0.326 e. The van der Waals surface area contributed by atoms with E-state index >= 15 is 0 Å². The lowest BCUT2D eigenvalue weighted by Gasteiger charge is -2.23. The second-order valence-corrected chi connectivity index (χ2v) is 8.53. The number of carbonyl (C=O) groups is 1. The number of carbonyl (C=O) groups excluding carboxylic acids is 1. The molecule has 3 heteroatoms. The molecule has 0 fully saturated rings. The summed E-state index contributed by atoms with van der Waals surface area (Å²) >= 11 is 0. The van der Waals surface area contributed by atoms with Gasteiger partial charge in [0.1, 0.15) is 5.69 Å². The first kappa shape index (κ1) is 19.9. The van der Waals surface area contributed by atoms with E-state index in [9.17, 15) is 4.79 Å². The highest BCUT2D eigenvalue weighted by atomic mass is 16.1. The van der Waals surface area contributed by atoms with Gasteiger partial charge in [-0.3, -0.25) is 9.28 Å². The number of fused-ring (bicyclic) bond motifs is 3. The number of quaternary nitrogens is 1. The minimum atomic E-state index is -0.0618. The van der Waals surface area contributed by atoms with Crippen molar-refractivity contribution in [2.45, 2.75) is 6.92 Å². The summed E-state index contributed by atoms with van der Waals surface area (Å²) in [5, 5.41) is 2.90. The standard InChI is InChI=1S/C27H26N2O/c1-19(30)28-21-14-17-26-24-10-6-5-9-23(24)25(27(26)18-21)11-7-8-20-12-15-22(16-13-20)29(2,3)4/h5-18H,1-4H3/p+1/b8-7+,25-11+. The van der Waals surface area contributed by atoms with E-state index in [1.54, 1.807) is 0 Å². The van der Waals surface area contributed by atoms with Crippen LogP contribution in [0.25, 0.3) is 22.8 Å². The van der Waals surface area contributed by atoms with Crippen molar-refractivity contribution in [3.63, 3.8) is 0 Å².